The number of nitrogens with one attached hydrogen (secondary N) is 1. The summed E-state index contributed by atoms with van der Waals surface area (Å²) in [4.78, 5) is 15.7. The molecule has 8 heteroatoms. The highest BCUT2D eigenvalue weighted by Gasteiger charge is 2.25. The summed E-state index contributed by atoms with van der Waals surface area (Å²) >= 11 is 0. The largest absolute Gasteiger partial charge is 0.381 e. The van der Waals surface area contributed by atoms with E-state index in [1.54, 1.807) is 6.07 Å². The van der Waals surface area contributed by atoms with Crippen molar-refractivity contribution >= 4 is 23.1 Å². The maximum absolute atomic E-state index is 15.3. The first-order valence-electron chi connectivity index (χ1n) is 9.83. The molecule has 1 saturated carbocycles. The fraction of sp³-hybridized carbons (Fsp3) is 0.217. The van der Waals surface area contributed by atoms with Crippen LogP contribution in [0, 0.1) is 24.4 Å². The highest BCUT2D eigenvalue weighted by Crippen LogP contribution is 2.41. The van der Waals surface area contributed by atoms with Gasteiger partial charge in [-0.3, -0.25) is 4.79 Å². The van der Waals surface area contributed by atoms with Crippen LogP contribution in [0.25, 0.3) is 0 Å². The van der Waals surface area contributed by atoms with Crippen LogP contribution in [0.5, 0.6) is 0 Å². The number of aromatic nitrogens is 1. The molecule has 1 aliphatic rings. The van der Waals surface area contributed by atoms with Crippen molar-refractivity contribution in [3.63, 3.8) is 0 Å². The number of nitrogen functional groups attached to an aromatic ring is 1. The Bertz CT molecular complexity index is 1190. The molecule has 5 nitrogen and oxygen atoms in total. The van der Waals surface area contributed by atoms with E-state index in [0.717, 1.165) is 18.4 Å². The lowest BCUT2D eigenvalue weighted by Gasteiger charge is -2.17. The molecule has 5 N–H and O–H groups in total. The van der Waals surface area contributed by atoms with Gasteiger partial charge in [-0.25, -0.2) is 18.2 Å². The normalized spacial score (nSPS) is 13.3. The first-order valence-corrected chi connectivity index (χ1v) is 9.83. The molecule has 1 amide bonds. The standard InChI is InChI=1S/C23H21F3N4O/c1-11-15(8-14-6-7-29-22(27)20(14)26)9-16(23(28)31)21(19(11)25)30-18-5-4-13(10-17(18)24)12-2-3-12/h4-7,9-10,12,30H,2-3,8H2,1H3,(H2,27,29)(H2,28,31). The Labute approximate surface area is 177 Å². The number of halogens is 3. The van der Waals surface area contributed by atoms with Gasteiger partial charge in [-0.1, -0.05) is 6.07 Å². The van der Waals surface area contributed by atoms with Crippen molar-refractivity contribution in [1.29, 1.82) is 0 Å². The number of hydrogen-bond donors (Lipinski definition) is 3. The number of carbonyl (C=O) groups excluding carboxylic acids is 1. The van der Waals surface area contributed by atoms with Crippen molar-refractivity contribution in [2.45, 2.75) is 32.1 Å². The Morgan fingerprint density at radius 3 is 2.52 bits per heavy atom. The molecule has 1 fully saturated rings. The molecule has 31 heavy (non-hydrogen) atoms. The second-order valence-corrected chi connectivity index (χ2v) is 7.75. The van der Waals surface area contributed by atoms with Gasteiger partial charge < -0.3 is 16.8 Å². The van der Waals surface area contributed by atoms with E-state index >= 15 is 4.39 Å². The fourth-order valence-electron chi connectivity index (χ4n) is 3.58. The number of nitrogens with zero attached hydrogens (tertiary/aromatic N) is 1. The first kappa shape index (κ1) is 20.7. The number of primary amides is 1. The SMILES string of the molecule is Cc1c(Cc2ccnc(N)c2F)cc(C(N)=O)c(Nc2ccc(C3CC3)cc2F)c1F. The van der Waals surface area contributed by atoms with Gasteiger partial charge in [0.15, 0.2) is 17.5 Å². The van der Waals surface area contributed by atoms with Crippen LogP contribution in [0.2, 0.25) is 0 Å². The van der Waals surface area contributed by atoms with Crippen LogP contribution < -0.4 is 16.8 Å². The summed E-state index contributed by atoms with van der Waals surface area (Å²) in [5.41, 5.74) is 12.2. The van der Waals surface area contributed by atoms with Crippen LogP contribution in [0.1, 0.15) is 51.4 Å². The summed E-state index contributed by atoms with van der Waals surface area (Å²) in [6.45, 7) is 1.50. The quantitative estimate of drug-likeness (QED) is 0.533. The van der Waals surface area contributed by atoms with Crippen molar-refractivity contribution in [3.05, 3.63) is 81.8 Å². The van der Waals surface area contributed by atoms with Gasteiger partial charge >= 0.3 is 0 Å². The lowest BCUT2D eigenvalue weighted by molar-refractivity contribution is 0.100. The maximum Gasteiger partial charge on any atom is 0.250 e. The zero-order chi connectivity index (χ0) is 22.3. The molecule has 1 aliphatic carbocycles. The molecular weight excluding hydrogens is 405 g/mol. The second kappa shape index (κ2) is 7.94. The smallest absolute Gasteiger partial charge is 0.250 e. The fourth-order valence-corrected chi connectivity index (χ4v) is 3.58. The van der Waals surface area contributed by atoms with Crippen molar-refractivity contribution in [2.24, 2.45) is 5.73 Å². The molecule has 2 aromatic carbocycles. The van der Waals surface area contributed by atoms with E-state index < -0.39 is 23.4 Å². The highest BCUT2D eigenvalue weighted by atomic mass is 19.1. The van der Waals surface area contributed by atoms with Gasteiger partial charge in [0, 0.05) is 12.6 Å². The number of carbonyl (C=O) groups is 1. The predicted molar refractivity (Wildman–Crippen MR) is 113 cm³/mol. The van der Waals surface area contributed by atoms with Crippen molar-refractivity contribution in [2.75, 3.05) is 11.1 Å². The molecule has 0 unspecified atom stereocenters. The second-order valence-electron chi connectivity index (χ2n) is 7.75. The van der Waals surface area contributed by atoms with Crippen LogP contribution >= 0.6 is 0 Å². The Morgan fingerprint density at radius 2 is 1.87 bits per heavy atom. The van der Waals surface area contributed by atoms with Gasteiger partial charge in [-0.15, -0.1) is 0 Å². The molecule has 0 atom stereocenters. The molecule has 0 spiro atoms. The van der Waals surface area contributed by atoms with Crippen LogP contribution in [-0.4, -0.2) is 10.9 Å². The predicted octanol–water partition coefficient (Wildman–Crippen LogP) is 4.70. The van der Waals surface area contributed by atoms with Crippen molar-refractivity contribution in [1.82, 2.24) is 4.98 Å². The monoisotopic (exact) mass is 426 g/mol. The third-order valence-corrected chi connectivity index (χ3v) is 5.56. The minimum atomic E-state index is -0.896. The third-order valence-electron chi connectivity index (χ3n) is 5.56. The zero-order valence-corrected chi connectivity index (χ0v) is 16.8. The molecule has 1 aromatic heterocycles. The Kier molecular flexibility index (Phi) is 5.31. The number of amides is 1. The number of anilines is 3. The molecule has 0 saturated heterocycles. The van der Waals surface area contributed by atoms with Gasteiger partial charge in [-0.2, -0.15) is 0 Å². The van der Waals surface area contributed by atoms with Crippen molar-refractivity contribution in [3.8, 4) is 0 Å². The molecule has 0 aliphatic heterocycles. The zero-order valence-electron chi connectivity index (χ0n) is 16.8. The number of pyridine rings is 1. The maximum atomic E-state index is 15.3. The van der Waals surface area contributed by atoms with E-state index in [4.69, 9.17) is 11.5 Å². The summed E-state index contributed by atoms with van der Waals surface area (Å²) in [6.07, 6.45) is 3.37. The number of nitrogens with two attached hydrogens (primary N) is 2. The number of hydrogen-bond acceptors (Lipinski definition) is 4. The van der Waals surface area contributed by atoms with E-state index in [1.165, 1.54) is 37.4 Å². The topological polar surface area (TPSA) is 94.0 Å². The summed E-state index contributed by atoms with van der Waals surface area (Å²) in [5.74, 6) is -2.82. The van der Waals surface area contributed by atoms with Crippen LogP contribution in [-0.2, 0) is 6.42 Å². The molecule has 160 valence electrons. The molecule has 0 radical (unpaired) electrons. The van der Waals surface area contributed by atoms with Gasteiger partial charge in [0.25, 0.3) is 5.91 Å². The molecular formula is C23H21F3N4O. The Hall–Kier alpha value is -3.55. The van der Waals surface area contributed by atoms with Crippen LogP contribution in [0.3, 0.4) is 0 Å². The van der Waals surface area contributed by atoms with Gasteiger partial charge in [0.05, 0.1) is 16.9 Å². The lowest BCUT2D eigenvalue weighted by atomic mass is 9.96. The minimum absolute atomic E-state index is 0.0215. The molecule has 4 rings (SSSR count). The van der Waals surface area contributed by atoms with E-state index in [9.17, 15) is 13.6 Å². The van der Waals surface area contributed by atoms with E-state index in [0.29, 0.717) is 11.5 Å². The average molecular weight is 426 g/mol. The van der Waals surface area contributed by atoms with Gasteiger partial charge in [-0.05, 0) is 72.2 Å². The van der Waals surface area contributed by atoms with E-state index in [2.05, 4.69) is 10.3 Å². The summed E-state index contributed by atoms with van der Waals surface area (Å²) in [5, 5.41) is 2.67. The summed E-state index contributed by atoms with van der Waals surface area (Å²) in [7, 11) is 0. The lowest BCUT2D eigenvalue weighted by Crippen LogP contribution is -2.16. The van der Waals surface area contributed by atoms with Gasteiger partial charge in [0.1, 0.15) is 5.82 Å². The average Bonchev–Trinajstić information content (AvgIpc) is 3.57. The van der Waals surface area contributed by atoms with Crippen LogP contribution in [0.15, 0.2) is 36.5 Å². The summed E-state index contributed by atoms with van der Waals surface area (Å²) < 4.78 is 44.1. The van der Waals surface area contributed by atoms with E-state index in [1.807, 2.05) is 0 Å². The number of benzene rings is 2. The Morgan fingerprint density at radius 1 is 1.13 bits per heavy atom. The minimum Gasteiger partial charge on any atom is -0.381 e. The van der Waals surface area contributed by atoms with Crippen molar-refractivity contribution < 1.29 is 18.0 Å². The van der Waals surface area contributed by atoms with Gasteiger partial charge in [0.2, 0.25) is 0 Å². The Balaban J connectivity index is 1.72. The van der Waals surface area contributed by atoms with E-state index in [-0.39, 0.29) is 40.3 Å². The van der Waals surface area contributed by atoms with Crippen LogP contribution in [0.4, 0.5) is 30.4 Å². The molecule has 1 heterocycles. The highest BCUT2D eigenvalue weighted by molar-refractivity contribution is 6.00. The summed E-state index contributed by atoms with van der Waals surface area (Å²) in [6, 6.07) is 7.53. The molecule has 0 bridgehead atoms. The first-order chi connectivity index (χ1) is 14.8. The third kappa shape index (κ3) is 4.05. The number of rotatable bonds is 6. The molecule has 3 aromatic rings.